The summed E-state index contributed by atoms with van der Waals surface area (Å²) < 4.78 is 40.2. The Morgan fingerprint density at radius 3 is 2.67 bits per heavy atom. The van der Waals surface area contributed by atoms with Gasteiger partial charge in [-0.15, -0.1) is 11.3 Å². The molecule has 7 heteroatoms. The third-order valence-corrected chi connectivity index (χ3v) is 6.32. The molecule has 1 aromatic carbocycles. The maximum atomic E-state index is 13.9. The molecule has 4 nitrogen and oxygen atoms in total. The summed E-state index contributed by atoms with van der Waals surface area (Å²) in [7, 11) is -2.55. The molecule has 0 spiro atoms. The lowest BCUT2D eigenvalue weighted by atomic mass is 10.2. The number of hydrogen-bond donors (Lipinski definition) is 1. The summed E-state index contributed by atoms with van der Waals surface area (Å²) in [4.78, 5) is 0.458. The second kappa shape index (κ2) is 6.23. The van der Waals surface area contributed by atoms with E-state index < -0.39 is 26.8 Å². The second-order valence-electron chi connectivity index (χ2n) is 4.64. The highest BCUT2D eigenvalue weighted by atomic mass is 32.2. The molecule has 0 saturated carbocycles. The van der Waals surface area contributed by atoms with Gasteiger partial charge in [-0.2, -0.15) is 4.31 Å². The first-order valence-corrected chi connectivity index (χ1v) is 8.60. The van der Waals surface area contributed by atoms with Crippen molar-refractivity contribution in [3.05, 3.63) is 52.0 Å². The summed E-state index contributed by atoms with van der Waals surface area (Å²) in [6.07, 6.45) is 0. The lowest BCUT2D eigenvalue weighted by Crippen LogP contribution is -2.30. The number of thiophene rings is 1. The van der Waals surface area contributed by atoms with E-state index in [1.165, 1.54) is 30.5 Å². The van der Waals surface area contributed by atoms with Crippen LogP contribution < -0.4 is 0 Å². The highest BCUT2D eigenvalue weighted by molar-refractivity contribution is 7.89. The van der Waals surface area contributed by atoms with Crippen LogP contribution in [0.3, 0.4) is 0 Å². The summed E-state index contributed by atoms with van der Waals surface area (Å²) in [6.45, 7) is 1.41. The zero-order chi connectivity index (χ0) is 15.6. The molecule has 0 bridgehead atoms. The SMILES string of the molecule is CC(c1cccs1)N(C)S(=O)(=O)c1cc(CO)ccc1F. The summed E-state index contributed by atoms with van der Waals surface area (Å²) in [6, 6.07) is 6.86. The van der Waals surface area contributed by atoms with Crippen LogP contribution in [0.1, 0.15) is 23.4 Å². The molecule has 1 aromatic heterocycles. The summed E-state index contributed by atoms with van der Waals surface area (Å²) in [5.41, 5.74) is 0.354. The van der Waals surface area contributed by atoms with Crippen molar-refractivity contribution in [2.24, 2.45) is 0 Å². The smallest absolute Gasteiger partial charge is 0.246 e. The van der Waals surface area contributed by atoms with Gasteiger partial charge >= 0.3 is 0 Å². The summed E-state index contributed by atoms with van der Waals surface area (Å²) >= 11 is 1.44. The van der Waals surface area contributed by atoms with E-state index in [0.29, 0.717) is 5.56 Å². The summed E-state index contributed by atoms with van der Waals surface area (Å²) in [5.74, 6) is -0.822. The zero-order valence-corrected chi connectivity index (χ0v) is 13.3. The minimum atomic E-state index is -3.97. The molecular weight excluding hydrogens is 313 g/mol. The van der Waals surface area contributed by atoms with Crippen LogP contribution in [0.15, 0.2) is 40.6 Å². The van der Waals surface area contributed by atoms with E-state index >= 15 is 0 Å². The average molecular weight is 329 g/mol. The van der Waals surface area contributed by atoms with Crippen molar-refractivity contribution >= 4 is 21.4 Å². The molecule has 0 aliphatic carbocycles. The Labute approximate surface area is 127 Å². The number of benzene rings is 1. The Morgan fingerprint density at radius 1 is 1.38 bits per heavy atom. The third kappa shape index (κ3) is 3.16. The molecule has 1 unspecified atom stereocenters. The number of aliphatic hydroxyl groups excluding tert-OH is 1. The molecule has 2 aromatic rings. The average Bonchev–Trinajstić information content (AvgIpc) is 3.00. The second-order valence-corrected chi connectivity index (χ2v) is 7.58. The summed E-state index contributed by atoms with van der Waals surface area (Å²) in [5, 5.41) is 10.9. The van der Waals surface area contributed by atoms with Gasteiger partial charge in [0, 0.05) is 11.9 Å². The fourth-order valence-electron chi connectivity index (χ4n) is 1.92. The zero-order valence-electron chi connectivity index (χ0n) is 11.7. The van der Waals surface area contributed by atoms with Crippen molar-refractivity contribution in [3.8, 4) is 0 Å². The van der Waals surface area contributed by atoms with Crippen molar-refractivity contribution in [1.29, 1.82) is 0 Å². The fraction of sp³-hybridized carbons (Fsp3) is 0.286. The lowest BCUT2D eigenvalue weighted by molar-refractivity contribution is 0.281. The standard InChI is InChI=1S/C14H16FNO3S2/c1-10(13-4-3-7-20-13)16(2)21(18,19)14-8-11(9-17)5-6-12(14)15/h3-8,10,17H,9H2,1-2H3. The predicted molar refractivity (Wildman–Crippen MR) is 80.0 cm³/mol. The topological polar surface area (TPSA) is 57.6 Å². The van der Waals surface area contributed by atoms with Gasteiger partial charge in [-0.1, -0.05) is 12.1 Å². The Balaban J connectivity index is 2.42. The molecule has 2 rings (SSSR count). The monoisotopic (exact) mass is 329 g/mol. The largest absolute Gasteiger partial charge is 0.392 e. The van der Waals surface area contributed by atoms with Gasteiger partial charge in [-0.05, 0) is 36.1 Å². The maximum Gasteiger partial charge on any atom is 0.246 e. The van der Waals surface area contributed by atoms with Gasteiger partial charge in [0.15, 0.2) is 0 Å². The van der Waals surface area contributed by atoms with E-state index in [-0.39, 0.29) is 6.61 Å². The van der Waals surface area contributed by atoms with Crippen LogP contribution in [0.5, 0.6) is 0 Å². The number of hydrogen-bond acceptors (Lipinski definition) is 4. The minimum Gasteiger partial charge on any atom is -0.392 e. The molecule has 0 aliphatic heterocycles. The Kier molecular flexibility index (Phi) is 4.77. The highest BCUT2D eigenvalue weighted by Crippen LogP contribution is 2.29. The number of rotatable bonds is 5. The molecule has 0 saturated heterocycles. The van der Waals surface area contributed by atoms with Crippen LogP contribution in [-0.4, -0.2) is 24.9 Å². The third-order valence-electron chi connectivity index (χ3n) is 3.34. The van der Waals surface area contributed by atoms with E-state index in [1.807, 2.05) is 17.5 Å². The first kappa shape index (κ1) is 16.1. The molecule has 1 heterocycles. The van der Waals surface area contributed by atoms with Crippen LogP contribution in [0.4, 0.5) is 4.39 Å². The molecule has 1 atom stereocenters. The number of sulfonamides is 1. The lowest BCUT2D eigenvalue weighted by Gasteiger charge is -2.24. The van der Waals surface area contributed by atoms with Crippen molar-refractivity contribution < 1.29 is 17.9 Å². The molecular formula is C14H16FNO3S2. The fourth-order valence-corrected chi connectivity index (χ4v) is 4.26. The molecule has 0 fully saturated rings. The number of halogens is 1. The Morgan fingerprint density at radius 2 is 2.10 bits per heavy atom. The van der Waals surface area contributed by atoms with Crippen molar-refractivity contribution in [2.45, 2.75) is 24.5 Å². The van der Waals surface area contributed by atoms with E-state index in [9.17, 15) is 12.8 Å². The molecule has 0 aliphatic rings. The van der Waals surface area contributed by atoms with E-state index in [0.717, 1.165) is 15.2 Å². The van der Waals surface area contributed by atoms with Gasteiger partial charge in [0.1, 0.15) is 10.7 Å². The van der Waals surface area contributed by atoms with Crippen LogP contribution >= 0.6 is 11.3 Å². The molecule has 0 radical (unpaired) electrons. The van der Waals surface area contributed by atoms with Gasteiger partial charge in [0.05, 0.1) is 12.6 Å². The molecule has 21 heavy (non-hydrogen) atoms. The van der Waals surface area contributed by atoms with Crippen LogP contribution in [0.2, 0.25) is 0 Å². The van der Waals surface area contributed by atoms with Crippen molar-refractivity contribution in [1.82, 2.24) is 4.31 Å². The first-order valence-electron chi connectivity index (χ1n) is 6.28. The maximum absolute atomic E-state index is 13.9. The number of aliphatic hydroxyl groups is 1. The molecule has 1 N–H and O–H groups in total. The van der Waals surface area contributed by atoms with Gasteiger partial charge in [-0.3, -0.25) is 0 Å². The van der Waals surface area contributed by atoms with Crippen molar-refractivity contribution in [2.75, 3.05) is 7.05 Å². The highest BCUT2D eigenvalue weighted by Gasteiger charge is 2.29. The van der Waals surface area contributed by atoms with Gasteiger partial charge in [0.2, 0.25) is 10.0 Å². The van der Waals surface area contributed by atoms with Gasteiger partial charge in [0.25, 0.3) is 0 Å². The Bertz CT molecular complexity index is 714. The molecule has 114 valence electrons. The predicted octanol–water partition coefficient (Wildman–Crippen LogP) is 2.76. The molecule has 0 amide bonds. The van der Waals surface area contributed by atoms with E-state index in [4.69, 9.17) is 5.11 Å². The van der Waals surface area contributed by atoms with E-state index in [2.05, 4.69) is 0 Å². The quantitative estimate of drug-likeness (QED) is 0.918. The van der Waals surface area contributed by atoms with Crippen LogP contribution in [-0.2, 0) is 16.6 Å². The van der Waals surface area contributed by atoms with Crippen LogP contribution in [0.25, 0.3) is 0 Å². The Hall–Kier alpha value is -1.28. The van der Waals surface area contributed by atoms with E-state index in [1.54, 1.807) is 6.92 Å². The first-order chi connectivity index (χ1) is 9.87. The minimum absolute atomic E-state index is 0.340. The number of nitrogens with zero attached hydrogens (tertiary/aromatic N) is 1. The van der Waals surface area contributed by atoms with Crippen molar-refractivity contribution in [3.63, 3.8) is 0 Å². The normalized spacial score (nSPS) is 13.6. The van der Waals surface area contributed by atoms with Gasteiger partial charge in [-0.25, -0.2) is 12.8 Å². The van der Waals surface area contributed by atoms with Gasteiger partial charge < -0.3 is 5.11 Å². The van der Waals surface area contributed by atoms with Crippen LogP contribution in [0, 0.1) is 5.82 Å².